The Kier molecular flexibility index (Phi) is 5.49. The quantitative estimate of drug-likeness (QED) is 0.298. The van der Waals surface area contributed by atoms with Crippen molar-refractivity contribution >= 4 is 34.1 Å². The number of hydrogen-bond acceptors (Lipinski definition) is 6. The minimum atomic E-state index is -0.430. The summed E-state index contributed by atoms with van der Waals surface area (Å²) in [6, 6.07) is 15.9. The van der Waals surface area contributed by atoms with Gasteiger partial charge in [-0.15, -0.1) is 0 Å². The number of amides is 1. The number of fused-ring (bicyclic) bond motifs is 1. The van der Waals surface area contributed by atoms with Crippen LogP contribution in [0.1, 0.15) is 34.3 Å². The fourth-order valence-electron chi connectivity index (χ4n) is 4.41. The van der Waals surface area contributed by atoms with Crippen LogP contribution < -0.4 is 10.2 Å². The molecule has 0 atom stereocenters. The van der Waals surface area contributed by atoms with E-state index in [0.717, 1.165) is 42.6 Å². The Morgan fingerprint density at radius 3 is 2.59 bits per heavy atom. The number of nitrogens with one attached hydrogen (secondary N) is 1. The average molecular weight is 457 g/mol. The number of hydrogen-bond donors (Lipinski definition) is 1. The summed E-state index contributed by atoms with van der Waals surface area (Å²) in [7, 11) is 0. The molecule has 1 aromatic heterocycles. The molecule has 8 nitrogen and oxygen atoms in total. The lowest BCUT2D eigenvalue weighted by Crippen LogP contribution is -2.19. The Morgan fingerprint density at radius 2 is 1.85 bits per heavy atom. The topological polar surface area (TPSA) is 102 Å². The molecule has 0 radical (unpaired) electrons. The number of aromatic nitrogens is 1. The number of nitro groups is 1. The second kappa shape index (κ2) is 8.62. The molecule has 0 spiro atoms. The highest BCUT2D eigenvalue weighted by molar-refractivity contribution is 6.05. The van der Waals surface area contributed by atoms with Gasteiger partial charge in [-0.2, -0.15) is 0 Å². The second-order valence-corrected chi connectivity index (χ2v) is 8.63. The van der Waals surface area contributed by atoms with Crippen LogP contribution in [-0.4, -0.2) is 28.9 Å². The number of aryl methyl sites for hydroxylation is 2. The van der Waals surface area contributed by atoms with Crippen LogP contribution in [-0.2, 0) is 0 Å². The Morgan fingerprint density at radius 1 is 1.06 bits per heavy atom. The maximum Gasteiger partial charge on any atom is 0.293 e. The number of anilines is 2. The largest absolute Gasteiger partial charge is 0.436 e. The standard InChI is InChI=1S/C26H24N4O4/c1-16-5-8-20(17(2)13-16)26-28-21-15-19(7-10-24(21)34-26)27-25(31)18-6-9-22(23(14-18)30(32)33)29-11-3-4-12-29/h5-10,13-15H,3-4,11-12H2,1-2H3,(H,27,31). The van der Waals surface area contributed by atoms with E-state index in [9.17, 15) is 14.9 Å². The van der Waals surface area contributed by atoms with Gasteiger partial charge in [0.2, 0.25) is 5.89 Å². The van der Waals surface area contributed by atoms with Crippen LogP contribution in [0.4, 0.5) is 17.1 Å². The molecule has 0 unspecified atom stereocenters. The molecular weight excluding hydrogens is 432 g/mol. The first-order chi connectivity index (χ1) is 16.4. The van der Waals surface area contributed by atoms with E-state index in [-0.39, 0.29) is 11.3 Å². The number of nitro benzene ring substituents is 1. The lowest BCUT2D eigenvalue weighted by Gasteiger charge is -2.17. The van der Waals surface area contributed by atoms with Crippen LogP contribution in [0.3, 0.4) is 0 Å². The lowest BCUT2D eigenvalue weighted by molar-refractivity contribution is -0.384. The predicted octanol–water partition coefficient (Wildman–Crippen LogP) is 5.87. The van der Waals surface area contributed by atoms with Gasteiger partial charge in [0.15, 0.2) is 5.58 Å². The number of rotatable bonds is 5. The van der Waals surface area contributed by atoms with E-state index in [1.54, 1.807) is 30.3 Å². The van der Waals surface area contributed by atoms with Crippen LogP contribution >= 0.6 is 0 Å². The molecule has 1 aliphatic rings. The van der Waals surface area contributed by atoms with Crippen molar-refractivity contribution in [2.24, 2.45) is 0 Å². The summed E-state index contributed by atoms with van der Waals surface area (Å²) in [6.45, 7) is 5.62. The smallest absolute Gasteiger partial charge is 0.293 e. The first-order valence-corrected chi connectivity index (χ1v) is 11.2. The van der Waals surface area contributed by atoms with Crippen molar-refractivity contribution in [2.45, 2.75) is 26.7 Å². The molecule has 0 aliphatic carbocycles. The van der Waals surface area contributed by atoms with Crippen molar-refractivity contribution in [1.29, 1.82) is 0 Å². The zero-order chi connectivity index (χ0) is 23.8. The molecule has 1 N–H and O–H groups in total. The Bertz CT molecular complexity index is 1420. The third-order valence-electron chi connectivity index (χ3n) is 6.14. The van der Waals surface area contributed by atoms with Gasteiger partial charge >= 0.3 is 0 Å². The molecule has 2 heterocycles. The summed E-state index contributed by atoms with van der Waals surface area (Å²) in [6.07, 6.45) is 2.02. The van der Waals surface area contributed by atoms with Crippen molar-refractivity contribution in [1.82, 2.24) is 4.98 Å². The van der Waals surface area contributed by atoms with E-state index in [4.69, 9.17) is 4.42 Å². The number of nitrogens with zero attached hydrogens (tertiary/aromatic N) is 3. The number of benzene rings is 3. The van der Waals surface area contributed by atoms with Gasteiger partial charge in [0.05, 0.1) is 4.92 Å². The average Bonchev–Trinajstić information content (AvgIpc) is 3.48. The van der Waals surface area contributed by atoms with E-state index in [1.807, 2.05) is 30.9 Å². The van der Waals surface area contributed by atoms with E-state index in [1.165, 1.54) is 6.07 Å². The van der Waals surface area contributed by atoms with Crippen LogP contribution in [0.5, 0.6) is 0 Å². The summed E-state index contributed by atoms with van der Waals surface area (Å²) < 4.78 is 5.92. The Labute approximate surface area is 196 Å². The SMILES string of the molecule is Cc1ccc(-c2nc3cc(NC(=O)c4ccc(N5CCCC5)c([N+](=O)[O-])c4)ccc3o2)c(C)c1. The maximum absolute atomic E-state index is 12.9. The van der Waals surface area contributed by atoms with E-state index >= 15 is 0 Å². The van der Waals surface area contributed by atoms with Gasteiger partial charge in [0, 0.05) is 36.0 Å². The fraction of sp³-hybridized carbons (Fsp3) is 0.231. The van der Waals surface area contributed by atoms with Crippen molar-refractivity contribution in [3.05, 3.63) is 81.4 Å². The highest BCUT2D eigenvalue weighted by Gasteiger charge is 2.24. The fourth-order valence-corrected chi connectivity index (χ4v) is 4.41. The molecule has 172 valence electrons. The number of oxazole rings is 1. The second-order valence-electron chi connectivity index (χ2n) is 8.63. The van der Waals surface area contributed by atoms with Gasteiger partial charge in [-0.1, -0.05) is 17.7 Å². The van der Waals surface area contributed by atoms with Crippen LogP contribution in [0, 0.1) is 24.0 Å². The van der Waals surface area contributed by atoms with Crippen molar-refractivity contribution < 1.29 is 14.1 Å². The molecule has 1 aliphatic heterocycles. The molecule has 0 bridgehead atoms. The van der Waals surface area contributed by atoms with Crippen LogP contribution in [0.2, 0.25) is 0 Å². The molecule has 34 heavy (non-hydrogen) atoms. The van der Waals surface area contributed by atoms with E-state index in [0.29, 0.717) is 28.4 Å². The highest BCUT2D eigenvalue weighted by atomic mass is 16.6. The zero-order valence-corrected chi connectivity index (χ0v) is 19.0. The van der Waals surface area contributed by atoms with Crippen molar-refractivity contribution in [3.8, 4) is 11.5 Å². The van der Waals surface area contributed by atoms with Crippen molar-refractivity contribution in [3.63, 3.8) is 0 Å². The Hall–Kier alpha value is -4.20. The molecule has 3 aromatic carbocycles. The predicted molar refractivity (Wildman–Crippen MR) is 131 cm³/mol. The molecule has 4 aromatic rings. The van der Waals surface area contributed by atoms with Gasteiger partial charge in [-0.05, 0) is 68.7 Å². The summed E-state index contributed by atoms with van der Waals surface area (Å²) in [4.78, 5) is 30.7. The number of carbonyl (C=O) groups excluding carboxylic acids is 1. The molecule has 5 rings (SSSR count). The summed E-state index contributed by atoms with van der Waals surface area (Å²) in [5.74, 6) is 0.0950. The van der Waals surface area contributed by atoms with Gasteiger partial charge < -0.3 is 14.6 Å². The van der Waals surface area contributed by atoms with Gasteiger partial charge in [0.1, 0.15) is 11.2 Å². The van der Waals surface area contributed by atoms with Gasteiger partial charge in [0.25, 0.3) is 11.6 Å². The van der Waals surface area contributed by atoms with Gasteiger partial charge in [-0.3, -0.25) is 14.9 Å². The van der Waals surface area contributed by atoms with Gasteiger partial charge in [-0.25, -0.2) is 4.98 Å². The lowest BCUT2D eigenvalue weighted by atomic mass is 10.1. The number of carbonyl (C=O) groups is 1. The molecule has 1 fully saturated rings. The first-order valence-electron chi connectivity index (χ1n) is 11.2. The zero-order valence-electron chi connectivity index (χ0n) is 19.0. The molecule has 1 saturated heterocycles. The third-order valence-corrected chi connectivity index (χ3v) is 6.14. The van der Waals surface area contributed by atoms with E-state index in [2.05, 4.69) is 16.4 Å². The monoisotopic (exact) mass is 456 g/mol. The summed E-state index contributed by atoms with van der Waals surface area (Å²) >= 11 is 0. The Balaban J connectivity index is 1.40. The van der Waals surface area contributed by atoms with E-state index < -0.39 is 10.8 Å². The molecule has 8 heteroatoms. The molecular formula is C26H24N4O4. The first kappa shape index (κ1) is 21.6. The molecule has 0 saturated carbocycles. The minimum Gasteiger partial charge on any atom is -0.436 e. The normalized spacial score (nSPS) is 13.4. The summed E-state index contributed by atoms with van der Waals surface area (Å²) in [5.41, 5.74) is 5.63. The third kappa shape index (κ3) is 4.10. The summed E-state index contributed by atoms with van der Waals surface area (Å²) in [5, 5.41) is 14.5. The maximum atomic E-state index is 12.9. The van der Waals surface area contributed by atoms with Crippen LogP contribution in [0.15, 0.2) is 59.0 Å². The minimum absolute atomic E-state index is 0.0559. The highest BCUT2D eigenvalue weighted by Crippen LogP contribution is 2.32. The van der Waals surface area contributed by atoms with Crippen LogP contribution in [0.25, 0.3) is 22.6 Å². The van der Waals surface area contributed by atoms with Crippen molar-refractivity contribution in [2.75, 3.05) is 23.3 Å². The molecule has 1 amide bonds.